The first-order chi connectivity index (χ1) is 13.1. The normalized spacial score (nSPS) is 10.8. The minimum Gasteiger partial charge on any atom is -0.497 e. The van der Waals surface area contributed by atoms with Gasteiger partial charge in [-0.1, -0.05) is 23.2 Å². The van der Waals surface area contributed by atoms with Crippen molar-refractivity contribution in [1.29, 1.82) is 0 Å². The van der Waals surface area contributed by atoms with Gasteiger partial charge in [0.2, 0.25) is 11.3 Å². The summed E-state index contributed by atoms with van der Waals surface area (Å²) in [6.07, 6.45) is 0. The van der Waals surface area contributed by atoms with Crippen molar-refractivity contribution in [3.05, 3.63) is 52.5 Å². The van der Waals surface area contributed by atoms with E-state index in [9.17, 15) is 0 Å². The van der Waals surface area contributed by atoms with E-state index in [2.05, 4.69) is 30.9 Å². The number of hydrogen-bond donors (Lipinski definition) is 2. The lowest BCUT2D eigenvalue weighted by molar-refractivity contribution is 0.314. The Labute approximate surface area is 163 Å². The highest BCUT2D eigenvalue weighted by Gasteiger charge is 2.14. The number of hydrogen-bond acceptors (Lipinski definition) is 8. The number of fused-ring (bicyclic) bond motifs is 1. The first kappa shape index (κ1) is 17.3. The maximum absolute atomic E-state index is 6.08. The van der Waals surface area contributed by atoms with Gasteiger partial charge in [-0.2, -0.15) is 0 Å². The lowest BCUT2D eigenvalue weighted by atomic mass is 10.3. The van der Waals surface area contributed by atoms with Gasteiger partial charge in [0.1, 0.15) is 5.75 Å². The molecule has 0 atom stereocenters. The van der Waals surface area contributed by atoms with Crippen LogP contribution in [0, 0.1) is 0 Å². The number of halogens is 2. The van der Waals surface area contributed by atoms with Crippen LogP contribution in [0.5, 0.6) is 5.75 Å². The number of methoxy groups -OCH3 is 1. The molecule has 10 heteroatoms. The summed E-state index contributed by atoms with van der Waals surface area (Å²) in [4.78, 5) is 8.82. The minimum atomic E-state index is 0.276. The molecule has 0 radical (unpaired) electrons. The summed E-state index contributed by atoms with van der Waals surface area (Å²) in [6.45, 7) is 0. The molecular formula is C17H12Cl2N6O2. The Morgan fingerprint density at radius 3 is 2.00 bits per heavy atom. The Hall–Kier alpha value is -3.10. The zero-order valence-corrected chi connectivity index (χ0v) is 15.4. The van der Waals surface area contributed by atoms with Crippen molar-refractivity contribution in [3.8, 4) is 5.75 Å². The molecule has 0 fully saturated rings. The van der Waals surface area contributed by atoms with Gasteiger partial charge in [-0.25, -0.2) is 14.6 Å². The van der Waals surface area contributed by atoms with Gasteiger partial charge in [0.05, 0.1) is 17.2 Å². The molecule has 0 amide bonds. The third kappa shape index (κ3) is 3.71. The molecule has 0 bridgehead atoms. The van der Waals surface area contributed by atoms with Crippen LogP contribution in [0.15, 0.2) is 47.1 Å². The summed E-state index contributed by atoms with van der Waals surface area (Å²) in [5, 5.41) is 14.7. The molecular weight excluding hydrogens is 391 g/mol. The molecule has 4 rings (SSSR count). The van der Waals surface area contributed by atoms with E-state index in [0.717, 1.165) is 11.4 Å². The average Bonchev–Trinajstić information content (AvgIpc) is 3.13. The van der Waals surface area contributed by atoms with E-state index in [1.807, 2.05) is 24.3 Å². The van der Waals surface area contributed by atoms with Crippen molar-refractivity contribution in [2.45, 2.75) is 0 Å². The number of nitrogens with zero attached hydrogens (tertiary/aromatic N) is 4. The van der Waals surface area contributed by atoms with E-state index in [0.29, 0.717) is 27.4 Å². The summed E-state index contributed by atoms with van der Waals surface area (Å²) in [7, 11) is 1.61. The van der Waals surface area contributed by atoms with Crippen LogP contribution >= 0.6 is 23.2 Å². The molecule has 8 nitrogen and oxygen atoms in total. The van der Waals surface area contributed by atoms with E-state index < -0.39 is 0 Å². The van der Waals surface area contributed by atoms with Crippen LogP contribution in [0.3, 0.4) is 0 Å². The van der Waals surface area contributed by atoms with E-state index in [1.54, 1.807) is 25.3 Å². The fourth-order valence-electron chi connectivity index (χ4n) is 2.33. The van der Waals surface area contributed by atoms with E-state index in [1.165, 1.54) is 0 Å². The lowest BCUT2D eigenvalue weighted by Crippen LogP contribution is -2.03. The highest BCUT2D eigenvalue weighted by molar-refractivity contribution is 6.42. The number of anilines is 4. The van der Waals surface area contributed by atoms with E-state index >= 15 is 0 Å². The molecule has 4 aromatic rings. The topological polar surface area (TPSA) is 98.0 Å². The Kier molecular flexibility index (Phi) is 4.66. The summed E-state index contributed by atoms with van der Waals surface area (Å²) in [6, 6.07) is 12.5. The fourth-order valence-corrected chi connectivity index (χ4v) is 2.63. The van der Waals surface area contributed by atoms with Crippen LogP contribution in [-0.2, 0) is 0 Å². The predicted molar refractivity (Wildman–Crippen MR) is 103 cm³/mol. The Balaban J connectivity index is 1.70. The molecule has 0 spiro atoms. The van der Waals surface area contributed by atoms with Gasteiger partial charge in [0, 0.05) is 11.4 Å². The molecule has 0 unspecified atom stereocenters. The third-order valence-electron chi connectivity index (χ3n) is 3.65. The van der Waals surface area contributed by atoms with Crippen molar-refractivity contribution < 1.29 is 9.37 Å². The average molecular weight is 403 g/mol. The quantitative estimate of drug-likeness (QED) is 0.490. The second-order valence-electron chi connectivity index (χ2n) is 5.44. The maximum Gasteiger partial charge on any atom is 0.245 e. The van der Waals surface area contributed by atoms with Gasteiger partial charge in [0.25, 0.3) is 0 Å². The SMILES string of the molecule is COc1ccc(Nc2nc3nonc3nc2Nc2ccc(Cl)c(Cl)c2)cc1. The first-order valence-electron chi connectivity index (χ1n) is 7.76. The number of aromatic nitrogens is 4. The van der Waals surface area contributed by atoms with Crippen LogP contribution in [-0.4, -0.2) is 27.4 Å². The Morgan fingerprint density at radius 2 is 1.41 bits per heavy atom. The molecule has 0 aliphatic carbocycles. The van der Waals surface area contributed by atoms with Gasteiger partial charge in [0.15, 0.2) is 11.6 Å². The van der Waals surface area contributed by atoms with Crippen LogP contribution in [0.4, 0.5) is 23.0 Å². The van der Waals surface area contributed by atoms with Crippen molar-refractivity contribution in [2.24, 2.45) is 0 Å². The summed E-state index contributed by atoms with van der Waals surface area (Å²) in [5.41, 5.74) is 2.04. The van der Waals surface area contributed by atoms with Crippen LogP contribution in [0.2, 0.25) is 10.0 Å². The summed E-state index contributed by atoms with van der Waals surface area (Å²) >= 11 is 12.1. The maximum atomic E-state index is 6.08. The summed E-state index contributed by atoms with van der Waals surface area (Å²) < 4.78 is 9.87. The van der Waals surface area contributed by atoms with Gasteiger partial charge >= 0.3 is 0 Å². The van der Waals surface area contributed by atoms with Crippen LogP contribution in [0.25, 0.3) is 11.3 Å². The lowest BCUT2D eigenvalue weighted by Gasteiger charge is -2.12. The van der Waals surface area contributed by atoms with Gasteiger partial charge < -0.3 is 15.4 Å². The zero-order chi connectivity index (χ0) is 18.8. The summed E-state index contributed by atoms with van der Waals surface area (Å²) in [5.74, 6) is 1.61. The van der Waals surface area contributed by atoms with Crippen LogP contribution < -0.4 is 15.4 Å². The molecule has 0 saturated carbocycles. The van der Waals surface area contributed by atoms with E-state index in [4.69, 9.17) is 32.6 Å². The molecule has 0 saturated heterocycles. The fraction of sp³-hybridized carbons (Fsp3) is 0.0588. The monoisotopic (exact) mass is 402 g/mol. The van der Waals surface area contributed by atoms with Gasteiger partial charge in [-0.05, 0) is 52.8 Å². The molecule has 0 aliphatic heterocycles. The standard InChI is InChI=1S/C17H12Cl2N6O2/c1-26-11-5-2-9(3-6-11)20-14-15(23-17-16(22-14)24-27-25-17)21-10-4-7-12(18)13(19)8-10/h2-8H,1H3,(H,20,22,24)(H,21,23,25). The third-order valence-corrected chi connectivity index (χ3v) is 4.39. The second kappa shape index (κ2) is 7.26. The van der Waals surface area contributed by atoms with Gasteiger partial charge in [-0.3, -0.25) is 0 Å². The van der Waals surface area contributed by atoms with Crippen molar-refractivity contribution in [3.63, 3.8) is 0 Å². The van der Waals surface area contributed by atoms with Crippen molar-refractivity contribution in [2.75, 3.05) is 17.7 Å². The number of rotatable bonds is 5. The minimum absolute atomic E-state index is 0.276. The van der Waals surface area contributed by atoms with Crippen LogP contribution in [0.1, 0.15) is 0 Å². The number of ether oxygens (including phenoxy) is 1. The van der Waals surface area contributed by atoms with Crippen molar-refractivity contribution >= 4 is 57.5 Å². The molecule has 2 N–H and O–H groups in total. The molecule has 136 valence electrons. The Morgan fingerprint density at radius 1 is 0.815 bits per heavy atom. The first-order valence-corrected chi connectivity index (χ1v) is 8.51. The largest absolute Gasteiger partial charge is 0.497 e. The van der Waals surface area contributed by atoms with Crippen molar-refractivity contribution in [1.82, 2.24) is 20.3 Å². The predicted octanol–water partition coefficient (Wildman–Crippen LogP) is 4.82. The molecule has 2 aromatic heterocycles. The van der Waals surface area contributed by atoms with E-state index in [-0.39, 0.29) is 11.3 Å². The Bertz CT molecular complexity index is 1100. The zero-order valence-electron chi connectivity index (χ0n) is 13.9. The highest BCUT2D eigenvalue weighted by atomic mass is 35.5. The smallest absolute Gasteiger partial charge is 0.245 e. The van der Waals surface area contributed by atoms with Gasteiger partial charge in [-0.15, -0.1) is 0 Å². The number of benzene rings is 2. The number of nitrogens with one attached hydrogen (secondary N) is 2. The molecule has 2 heterocycles. The highest BCUT2D eigenvalue weighted by Crippen LogP contribution is 2.30. The molecule has 0 aliphatic rings. The molecule has 27 heavy (non-hydrogen) atoms. The second-order valence-corrected chi connectivity index (χ2v) is 6.25. The molecule has 2 aromatic carbocycles.